The van der Waals surface area contributed by atoms with Crippen LogP contribution in [-0.4, -0.2) is 4.89 Å². The SMILES string of the molecule is O[P+](c1ccccc1)(c1ccccc1)c1ccccc1-c1c2ccccc2c2c3c(cccc13)[P+](c1ccccc1)(c1ccccc1)c1ccccc1-2. The van der Waals surface area contributed by atoms with E-state index in [4.69, 9.17) is 0 Å². The van der Waals surface area contributed by atoms with E-state index < -0.39 is 14.8 Å². The van der Waals surface area contributed by atoms with Gasteiger partial charge in [0.25, 0.3) is 0 Å². The molecule has 0 saturated heterocycles. The Morgan fingerprint density at radius 3 is 1.38 bits per heavy atom. The molecule has 9 aromatic rings. The van der Waals surface area contributed by atoms with Crippen molar-refractivity contribution in [2.75, 3.05) is 0 Å². The van der Waals surface area contributed by atoms with Gasteiger partial charge in [-0.3, -0.25) is 0 Å². The highest BCUT2D eigenvalue weighted by molar-refractivity contribution is 8.02. The van der Waals surface area contributed by atoms with Crippen LogP contribution in [0.1, 0.15) is 0 Å². The molecule has 1 aliphatic rings. The molecule has 53 heavy (non-hydrogen) atoms. The molecule has 1 N–H and O–H groups in total. The van der Waals surface area contributed by atoms with Crippen LogP contribution in [0.2, 0.25) is 0 Å². The van der Waals surface area contributed by atoms with Crippen molar-refractivity contribution in [1.29, 1.82) is 0 Å². The number of rotatable bonds is 6. The third-order valence-corrected chi connectivity index (χ3v) is 18.5. The van der Waals surface area contributed by atoms with E-state index in [1.54, 1.807) is 0 Å². The van der Waals surface area contributed by atoms with E-state index in [0.29, 0.717) is 0 Å². The number of fused-ring (bicyclic) bond motifs is 4. The third-order valence-electron chi connectivity index (χ3n) is 11.0. The van der Waals surface area contributed by atoms with Crippen LogP contribution in [0.25, 0.3) is 43.8 Å². The van der Waals surface area contributed by atoms with Crippen molar-refractivity contribution in [3.8, 4) is 22.3 Å². The summed E-state index contributed by atoms with van der Waals surface area (Å²) in [6.45, 7) is 0. The number of hydrogen-bond acceptors (Lipinski definition) is 1. The van der Waals surface area contributed by atoms with Crippen LogP contribution in [0.4, 0.5) is 0 Å². The summed E-state index contributed by atoms with van der Waals surface area (Å²) in [5.74, 6) is 0. The van der Waals surface area contributed by atoms with Crippen molar-refractivity contribution < 1.29 is 4.89 Å². The lowest BCUT2D eigenvalue weighted by atomic mass is 9.85. The summed E-state index contributed by atoms with van der Waals surface area (Å²) in [6.07, 6.45) is 0. The topological polar surface area (TPSA) is 20.2 Å². The molecule has 0 bridgehead atoms. The maximum Gasteiger partial charge on any atom is 0.239 e. The second-order valence-electron chi connectivity index (χ2n) is 13.7. The van der Waals surface area contributed by atoms with Crippen LogP contribution in [0.15, 0.2) is 212 Å². The Labute approximate surface area is 311 Å². The van der Waals surface area contributed by atoms with Gasteiger partial charge in [-0.1, -0.05) is 146 Å². The highest BCUT2D eigenvalue weighted by atomic mass is 31.2. The molecular formula is C50H36OP2+2. The van der Waals surface area contributed by atoms with Crippen LogP contribution in [-0.2, 0) is 0 Å². The summed E-state index contributed by atoms with van der Waals surface area (Å²) in [4.78, 5) is 13.4. The van der Waals surface area contributed by atoms with Crippen LogP contribution in [0, 0.1) is 0 Å². The van der Waals surface area contributed by atoms with Gasteiger partial charge >= 0.3 is 0 Å². The molecule has 10 rings (SSSR count). The minimum atomic E-state index is -3.07. The fourth-order valence-corrected chi connectivity index (χ4v) is 16.4. The summed E-state index contributed by atoms with van der Waals surface area (Å²) in [5.41, 5.74) is 4.83. The second kappa shape index (κ2) is 12.8. The molecule has 1 heterocycles. The zero-order valence-electron chi connectivity index (χ0n) is 29.0. The molecule has 0 spiro atoms. The van der Waals surface area contributed by atoms with E-state index in [1.807, 2.05) is 36.4 Å². The molecular weight excluding hydrogens is 678 g/mol. The van der Waals surface area contributed by atoms with Gasteiger partial charge in [-0.05, 0) is 82.9 Å². The van der Waals surface area contributed by atoms with Crippen LogP contribution < -0.4 is 37.1 Å². The lowest BCUT2D eigenvalue weighted by molar-refractivity contribution is 0.633. The first-order valence-corrected chi connectivity index (χ1v) is 21.7. The van der Waals surface area contributed by atoms with Gasteiger partial charge in [0.15, 0.2) is 0 Å². The normalized spacial score (nSPS) is 13.2. The van der Waals surface area contributed by atoms with Gasteiger partial charge < -0.3 is 0 Å². The fraction of sp³-hybridized carbons (Fsp3) is 0. The van der Waals surface area contributed by atoms with Crippen LogP contribution >= 0.6 is 14.8 Å². The van der Waals surface area contributed by atoms with E-state index in [2.05, 4.69) is 176 Å². The van der Waals surface area contributed by atoms with Crippen molar-refractivity contribution in [1.82, 2.24) is 0 Å². The lowest BCUT2D eigenvalue weighted by Gasteiger charge is -2.35. The van der Waals surface area contributed by atoms with Gasteiger partial charge in [0.2, 0.25) is 7.49 Å². The summed E-state index contributed by atoms with van der Waals surface area (Å²) >= 11 is 0. The van der Waals surface area contributed by atoms with Gasteiger partial charge in [-0.2, -0.15) is 0 Å². The van der Waals surface area contributed by atoms with Gasteiger partial charge in [-0.25, -0.2) is 4.89 Å². The highest BCUT2D eigenvalue weighted by Crippen LogP contribution is 2.62. The molecule has 0 amide bonds. The van der Waals surface area contributed by atoms with Crippen molar-refractivity contribution in [2.45, 2.75) is 0 Å². The molecule has 0 aromatic heterocycles. The molecule has 0 aliphatic carbocycles. The van der Waals surface area contributed by atoms with Crippen molar-refractivity contribution >= 4 is 73.4 Å². The molecule has 250 valence electrons. The molecule has 0 fully saturated rings. The molecule has 0 radical (unpaired) electrons. The Kier molecular flexibility index (Phi) is 7.71. The van der Waals surface area contributed by atoms with Crippen LogP contribution in [0.5, 0.6) is 0 Å². The van der Waals surface area contributed by atoms with Gasteiger partial charge in [-0.15, -0.1) is 0 Å². The van der Waals surface area contributed by atoms with Gasteiger partial charge in [0.1, 0.15) is 44.4 Å². The molecule has 3 heteroatoms. The lowest BCUT2D eigenvalue weighted by Crippen LogP contribution is -2.41. The van der Waals surface area contributed by atoms with Crippen molar-refractivity contribution in [2.24, 2.45) is 0 Å². The Morgan fingerprint density at radius 2 is 0.774 bits per heavy atom. The van der Waals surface area contributed by atoms with E-state index >= 15 is 0 Å². The largest absolute Gasteiger partial charge is 0.239 e. The Hall–Kier alpha value is -5.68. The predicted octanol–water partition coefficient (Wildman–Crippen LogP) is 9.46. The van der Waals surface area contributed by atoms with Crippen molar-refractivity contribution in [3.63, 3.8) is 0 Å². The minimum Gasteiger partial charge on any atom is -0.235 e. The zero-order valence-corrected chi connectivity index (χ0v) is 30.8. The Balaban J connectivity index is 1.40. The first-order valence-electron chi connectivity index (χ1n) is 18.1. The average molecular weight is 715 g/mol. The first kappa shape index (κ1) is 32.0. The molecule has 0 saturated carbocycles. The summed E-state index contributed by atoms with van der Waals surface area (Å²) < 4.78 is 0. The standard InChI is InChI=1S/C50H36OP2/c51-53(38-24-9-3-10-25-38,39-26-11-4-12-27-39)46-34-18-16-31-43(46)48-40-28-13-14-29-41(40)49-42-30-15-17-33-45(42)52(36-20-5-1-6-21-36,37-22-7-2-8-23-37)47-35-19-32-44(48)50(47)49/h1-35,51H/q+2. The quantitative estimate of drug-likeness (QED) is 0.135. The maximum absolute atomic E-state index is 13.4. The average Bonchev–Trinajstić information content (AvgIpc) is 3.24. The highest BCUT2D eigenvalue weighted by Gasteiger charge is 2.53. The van der Waals surface area contributed by atoms with E-state index in [1.165, 1.54) is 59.5 Å². The van der Waals surface area contributed by atoms with Crippen molar-refractivity contribution in [3.05, 3.63) is 212 Å². The monoisotopic (exact) mass is 714 g/mol. The molecule has 1 aliphatic heterocycles. The summed E-state index contributed by atoms with van der Waals surface area (Å²) in [6, 6.07) is 76.6. The van der Waals surface area contributed by atoms with E-state index in [0.717, 1.165) is 21.5 Å². The summed E-state index contributed by atoms with van der Waals surface area (Å²) in [5, 5.41) is 13.2. The minimum absolute atomic E-state index is 0.942. The fourth-order valence-electron chi connectivity index (χ4n) is 8.86. The Bertz CT molecular complexity index is 2700. The van der Waals surface area contributed by atoms with Crippen LogP contribution in [0.3, 0.4) is 0 Å². The third kappa shape index (κ3) is 4.69. The number of hydrogen-bond donors (Lipinski definition) is 1. The molecule has 9 aromatic carbocycles. The molecule has 0 atom stereocenters. The zero-order chi connectivity index (χ0) is 35.4. The Morgan fingerprint density at radius 1 is 0.340 bits per heavy atom. The smallest absolute Gasteiger partial charge is 0.235 e. The molecule has 0 unspecified atom stereocenters. The van der Waals surface area contributed by atoms with Gasteiger partial charge in [0, 0.05) is 27.6 Å². The molecule has 1 nitrogen and oxygen atoms in total. The second-order valence-corrected chi connectivity index (χ2v) is 19.8. The predicted molar refractivity (Wildman–Crippen MR) is 232 cm³/mol. The first-order chi connectivity index (χ1) is 26.2. The maximum atomic E-state index is 13.4. The van der Waals surface area contributed by atoms with E-state index in [-0.39, 0.29) is 0 Å². The van der Waals surface area contributed by atoms with E-state index in [9.17, 15) is 4.89 Å². The number of benzene rings is 9. The summed E-state index contributed by atoms with van der Waals surface area (Å²) in [7, 11) is -5.43. The van der Waals surface area contributed by atoms with Gasteiger partial charge in [0.05, 0.1) is 0 Å².